The first-order valence-electron chi connectivity index (χ1n) is 8.19. The standard InChI is InChI=1S/C18H20N2O6S/c1-25-17-8-12(2-3-14(17)11-27(23)24)10-20-6-7-26-16-5-4-13(9-15(16)20)18(21)19-22/h2-5,8-9,22H,6-7,10-11H2,1H3,(H,19,21)(H,23,24)/p-1. The molecule has 144 valence electrons. The second-order valence-electron chi connectivity index (χ2n) is 5.99. The number of rotatable bonds is 6. The lowest BCUT2D eigenvalue weighted by Crippen LogP contribution is -2.32. The third-order valence-electron chi connectivity index (χ3n) is 4.28. The lowest BCUT2D eigenvalue weighted by Gasteiger charge is -2.31. The van der Waals surface area contributed by atoms with E-state index in [2.05, 4.69) is 0 Å². The largest absolute Gasteiger partial charge is 0.772 e. The summed E-state index contributed by atoms with van der Waals surface area (Å²) in [6, 6.07) is 10.3. The van der Waals surface area contributed by atoms with Crippen LogP contribution < -0.4 is 19.9 Å². The van der Waals surface area contributed by atoms with Crippen LogP contribution in [0.5, 0.6) is 11.5 Å². The Bertz CT molecular complexity index is 873. The molecule has 0 saturated heterocycles. The first-order valence-corrected chi connectivity index (χ1v) is 9.44. The van der Waals surface area contributed by atoms with Gasteiger partial charge in [-0.3, -0.25) is 14.2 Å². The van der Waals surface area contributed by atoms with Gasteiger partial charge in [0.15, 0.2) is 0 Å². The van der Waals surface area contributed by atoms with Crippen molar-refractivity contribution in [3.63, 3.8) is 0 Å². The topological polar surface area (TPSA) is 111 Å². The van der Waals surface area contributed by atoms with Crippen molar-refractivity contribution >= 4 is 22.7 Å². The lowest BCUT2D eigenvalue weighted by molar-refractivity contribution is 0.0706. The summed E-state index contributed by atoms with van der Waals surface area (Å²) in [5, 5.41) is 8.84. The summed E-state index contributed by atoms with van der Waals surface area (Å²) >= 11 is -2.19. The number of methoxy groups -OCH3 is 1. The Morgan fingerprint density at radius 1 is 1.37 bits per heavy atom. The Balaban J connectivity index is 1.87. The zero-order valence-electron chi connectivity index (χ0n) is 14.6. The zero-order chi connectivity index (χ0) is 19.4. The second kappa shape index (κ2) is 8.38. The molecule has 3 rings (SSSR count). The van der Waals surface area contributed by atoms with E-state index in [1.165, 1.54) is 7.11 Å². The van der Waals surface area contributed by atoms with E-state index in [4.69, 9.17) is 14.7 Å². The Hall–Kier alpha value is -2.62. The quantitative estimate of drug-likeness (QED) is 0.437. The maximum absolute atomic E-state index is 11.7. The Morgan fingerprint density at radius 3 is 2.89 bits per heavy atom. The molecule has 1 aliphatic heterocycles. The SMILES string of the molecule is COc1cc(CN2CCOc3ccc(C(=O)NO)cc32)ccc1CS(=O)[O-]. The highest BCUT2D eigenvalue weighted by Crippen LogP contribution is 2.34. The van der Waals surface area contributed by atoms with Gasteiger partial charge in [-0.25, -0.2) is 5.48 Å². The van der Waals surface area contributed by atoms with Gasteiger partial charge in [0.1, 0.15) is 18.1 Å². The van der Waals surface area contributed by atoms with Gasteiger partial charge in [-0.2, -0.15) is 0 Å². The molecule has 0 fully saturated rings. The highest BCUT2D eigenvalue weighted by molar-refractivity contribution is 7.78. The van der Waals surface area contributed by atoms with Crippen LogP contribution in [0.15, 0.2) is 36.4 Å². The molecule has 0 radical (unpaired) electrons. The third-order valence-corrected chi connectivity index (χ3v) is 4.83. The number of carbonyl (C=O) groups is 1. The fraction of sp³-hybridized carbons (Fsp3) is 0.278. The van der Waals surface area contributed by atoms with Gasteiger partial charge in [0.05, 0.1) is 19.3 Å². The van der Waals surface area contributed by atoms with Crippen molar-refractivity contribution in [2.24, 2.45) is 0 Å². The smallest absolute Gasteiger partial charge is 0.274 e. The molecule has 8 nitrogen and oxygen atoms in total. The summed E-state index contributed by atoms with van der Waals surface area (Å²) in [6.07, 6.45) is 0. The number of carbonyl (C=O) groups excluding carboxylic acids is 1. The summed E-state index contributed by atoms with van der Waals surface area (Å²) in [5.74, 6) is 0.461. The normalized spacial score (nSPS) is 14.1. The minimum Gasteiger partial charge on any atom is -0.772 e. The zero-order valence-corrected chi connectivity index (χ0v) is 15.5. The maximum Gasteiger partial charge on any atom is 0.274 e. The van der Waals surface area contributed by atoms with Crippen LogP contribution >= 0.6 is 0 Å². The van der Waals surface area contributed by atoms with Crippen molar-refractivity contribution in [1.29, 1.82) is 0 Å². The molecule has 2 aromatic carbocycles. The number of hydrogen-bond acceptors (Lipinski definition) is 7. The van der Waals surface area contributed by atoms with Gasteiger partial charge >= 0.3 is 0 Å². The number of hydroxylamine groups is 1. The summed E-state index contributed by atoms with van der Waals surface area (Å²) in [7, 11) is 1.50. The predicted molar refractivity (Wildman–Crippen MR) is 97.9 cm³/mol. The summed E-state index contributed by atoms with van der Waals surface area (Å²) in [4.78, 5) is 13.7. The van der Waals surface area contributed by atoms with Gasteiger partial charge in [0.25, 0.3) is 5.91 Å². The fourth-order valence-corrected chi connectivity index (χ4v) is 3.49. The molecule has 0 aromatic heterocycles. The van der Waals surface area contributed by atoms with Crippen LogP contribution in [0.2, 0.25) is 0 Å². The van der Waals surface area contributed by atoms with Crippen molar-refractivity contribution in [3.05, 3.63) is 53.1 Å². The van der Waals surface area contributed by atoms with Crippen molar-refractivity contribution < 1.29 is 28.2 Å². The molecule has 9 heteroatoms. The van der Waals surface area contributed by atoms with Gasteiger partial charge in [-0.05, 0) is 29.8 Å². The Labute approximate surface area is 158 Å². The molecule has 1 amide bonds. The second-order valence-corrected chi connectivity index (χ2v) is 6.88. The molecule has 1 unspecified atom stereocenters. The van der Waals surface area contributed by atoms with E-state index < -0.39 is 17.0 Å². The molecule has 0 spiro atoms. The lowest BCUT2D eigenvalue weighted by atomic mass is 10.1. The Morgan fingerprint density at radius 2 is 2.19 bits per heavy atom. The molecule has 1 heterocycles. The third kappa shape index (κ3) is 4.38. The van der Waals surface area contributed by atoms with Crippen molar-refractivity contribution in [2.75, 3.05) is 25.2 Å². The van der Waals surface area contributed by atoms with E-state index in [1.54, 1.807) is 29.7 Å². The van der Waals surface area contributed by atoms with E-state index in [1.807, 2.05) is 17.0 Å². The van der Waals surface area contributed by atoms with Crippen LogP contribution in [0.25, 0.3) is 0 Å². The number of benzene rings is 2. The molecule has 1 aliphatic rings. The number of ether oxygens (including phenoxy) is 2. The maximum atomic E-state index is 11.7. The van der Waals surface area contributed by atoms with Crippen LogP contribution in [0.3, 0.4) is 0 Å². The van der Waals surface area contributed by atoms with E-state index in [-0.39, 0.29) is 5.75 Å². The Kier molecular flexibility index (Phi) is 5.94. The number of nitrogens with zero attached hydrogens (tertiary/aromatic N) is 1. The predicted octanol–water partition coefficient (Wildman–Crippen LogP) is 1.59. The highest BCUT2D eigenvalue weighted by atomic mass is 32.2. The molecule has 1 atom stereocenters. The van der Waals surface area contributed by atoms with Gasteiger partial charge in [-0.1, -0.05) is 23.2 Å². The van der Waals surface area contributed by atoms with Crippen molar-refractivity contribution in [2.45, 2.75) is 12.3 Å². The van der Waals surface area contributed by atoms with E-state index in [0.29, 0.717) is 42.3 Å². The minimum absolute atomic E-state index is 0.108. The van der Waals surface area contributed by atoms with Gasteiger partial charge < -0.3 is 18.9 Å². The molecular weight excluding hydrogens is 372 g/mol. The molecule has 0 saturated carbocycles. The average Bonchev–Trinajstić information content (AvgIpc) is 2.68. The number of anilines is 1. The minimum atomic E-state index is -2.19. The van der Waals surface area contributed by atoms with E-state index in [9.17, 15) is 13.6 Å². The first kappa shape index (κ1) is 19.2. The number of nitrogens with one attached hydrogen (secondary N) is 1. The van der Waals surface area contributed by atoms with E-state index >= 15 is 0 Å². The van der Waals surface area contributed by atoms with Gasteiger partial charge in [-0.15, -0.1) is 0 Å². The van der Waals surface area contributed by atoms with Crippen LogP contribution in [-0.2, 0) is 23.4 Å². The van der Waals surface area contributed by atoms with E-state index in [0.717, 1.165) is 11.3 Å². The number of fused-ring (bicyclic) bond motifs is 1. The van der Waals surface area contributed by atoms with Gasteiger partial charge in [0.2, 0.25) is 0 Å². The molecule has 27 heavy (non-hydrogen) atoms. The van der Waals surface area contributed by atoms with Gasteiger partial charge in [0, 0.05) is 23.4 Å². The highest BCUT2D eigenvalue weighted by Gasteiger charge is 2.20. The average molecular weight is 391 g/mol. The van der Waals surface area contributed by atoms with Crippen molar-refractivity contribution in [3.8, 4) is 11.5 Å². The summed E-state index contributed by atoms with van der Waals surface area (Å²) in [5.41, 5.74) is 4.21. The van der Waals surface area contributed by atoms with Crippen LogP contribution in [0.1, 0.15) is 21.5 Å². The molecule has 0 aliphatic carbocycles. The van der Waals surface area contributed by atoms with Crippen LogP contribution in [0.4, 0.5) is 5.69 Å². The molecule has 0 bridgehead atoms. The molecule has 2 aromatic rings. The summed E-state index contributed by atoms with van der Waals surface area (Å²) < 4.78 is 32.9. The number of amides is 1. The van der Waals surface area contributed by atoms with Crippen LogP contribution in [-0.4, -0.2) is 40.1 Å². The molecular formula is C18H19N2O6S-. The molecule has 2 N–H and O–H groups in total. The number of hydrogen-bond donors (Lipinski definition) is 2. The monoisotopic (exact) mass is 391 g/mol. The van der Waals surface area contributed by atoms with Crippen molar-refractivity contribution in [1.82, 2.24) is 5.48 Å². The first-order chi connectivity index (χ1) is 13.0. The fourth-order valence-electron chi connectivity index (χ4n) is 3.00. The summed E-state index contributed by atoms with van der Waals surface area (Å²) in [6.45, 7) is 1.65. The van der Waals surface area contributed by atoms with Crippen LogP contribution in [0, 0.1) is 0 Å².